The molecular formula is C15H21N5. The molecule has 5 nitrogen and oxygen atoms in total. The number of nitrogens with two attached hydrogens (primary N) is 1. The van der Waals surface area contributed by atoms with Gasteiger partial charge < -0.3 is 10.6 Å². The van der Waals surface area contributed by atoms with Crippen LogP contribution in [0.15, 0.2) is 30.5 Å². The monoisotopic (exact) mass is 271 g/mol. The smallest absolute Gasteiger partial charge is 0.0730 e. The Labute approximate surface area is 119 Å². The van der Waals surface area contributed by atoms with E-state index in [2.05, 4.69) is 39.5 Å². The molecule has 5 heteroatoms. The fraction of sp³-hybridized carbons (Fsp3) is 0.467. The lowest BCUT2D eigenvalue weighted by atomic mass is 10.1. The zero-order valence-electron chi connectivity index (χ0n) is 11.7. The van der Waals surface area contributed by atoms with E-state index >= 15 is 0 Å². The number of aromatic nitrogens is 3. The van der Waals surface area contributed by atoms with Crippen LogP contribution in [0.5, 0.6) is 0 Å². The van der Waals surface area contributed by atoms with Gasteiger partial charge in [-0.1, -0.05) is 5.21 Å². The van der Waals surface area contributed by atoms with E-state index in [0.29, 0.717) is 6.54 Å². The van der Waals surface area contributed by atoms with E-state index in [1.165, 1.54) is 38.0 Å². The largest absolute Gasteiger partial charge is 0.372 e. The molecule has 0 radical (unpaired) electrons. The molecule has 3 rings (SSSR count). The highest BCUT2D eigenvalue weighted by Crippen LogP contribution is 2.21. The Hall–Kier alpha value is -1.88. The van der Waals surface area contributed by atoms with Crippen LogP contribution in [-0.4, -0.2) is 34.6 Å². The molecule has 0 spiro atoms. The van der Waals surface area contributed by atoms with E-state index in [-0.39, 0.29) is 0 Å². The van der Waals surface area contributed by atoms with Gasteiger partial charge in [0.2, 0.25) is 0 Å². The minimum atomic E-state index is 0.610. The van der Waals surface area contributed by atoms with Crippen molar-refractivity contribution in [2.45, 2.75) is 25.7 Å². The second-order valence-corrected chi connectivity index (χ2v) is 5.24. The van der Waals surface area contributed by atoms with E-state index in [4.69, 9.17) is 5.73 Å². The van der Waals surface area contributed by atoms with Gasteiger partial charge in [0.15, 0.2) is 0 Å². The predicted octanol–water partition coefficient (Wildman–Crippen LogP) is 1.76. The number of anilines is 1. The molecule has 2 N–H and O–H groups in total. The molecule has 1 fully saturated rings. The number of rotatable bonds is 4. The van der Waals surface area contributed by atoms with E-state index in [1.807, 2.05) is 4.68 Å². The first-order valence-electron chi connectivity index (χ1n) is 7.33. The molecule has 0 bridgehead atoms. The third-order valence-electron chi connectivity index (χ3n) is 3.84. The molecule has 106 valence electrons. The maximum absolute atomic E-state index is 5.61. The number of piperidine rings is 1. The van der Waals surface area contributed by atoms with E-state index in [9.17, 15) is 0 Å². The summed E-state index contributed by atoms with van der Waals surface area (Å²) in [6.45, 7) is 2.95. The summed E-state index contributed by atoms with van der Waals surface area (Å²) >= 11 is 0. The highest BCUT2D eigenvalue weighted by molar-refractivity contribution is 5.51. The van der Waals surface area contributed by atoms with Crippen LogP contribution in [0.3, 0.4) is 0 Å². The van der Waals surface area contributed by atoms with Crippen LogP contribution in [-0.2, 0) is 6.42 Å². The molecule has 0 unspecified atom stereocenters. The van der Waals surface area contributed by atoms with Gasteiger partial charge in [-0.2, -0.15) is 0 Å². The zero-order chi connectivity index (χ0) is 13.8. The summed E-state index contributed by atoms with van der Waals surface area (Å²) in [7, 11) is 0. The van der Waals surface area contributed by atoms with Crippen molar-refractivity contribution in [1.29, 1.82) is 0 Å². The fourth-order valence-electron chi connectivity index (χ4n) is 2.75. The Morgan fingerprint density at radius 1 is 1.00 bits per heavy atom. The second-order valence-electron chi connectivity index (χ2n) is 5.24. The maximum Gasteiger partial charge on any atom is 0.0730 e. The molecule has 0 atom stereocenters. The lowest BCUT2D eigenvalue weighted by Crippen LogP contribution is -2.29. The molecule has 0 saturated carbocycles. The van der Waals surface area contributed by atoms with E-state index < -0.39 is 0 Å². The third-order valence-corrected chi connectivity index (χ3v) is 3.84. The minimum Gasteiger partial charge on any atom is -0.372 e. The summed E-state index contributed by atoms with van der Waals surface area (Å²) in [5.74, 6) is 0. The van der Waals surface area contributed by atoms with Crippen LogP contribution >= 0.6 is 0 Å². The van der Waals surface area contributed by atoms with E-state index in [0.717, 1.165) is 17.8 Å². The van der Waals surface area contributed by atoms with Crippen LogP contribution < -0.4 is 10.6 Å². The number of hydrogen-bond donors (Lipinski definition) is 1. The van der Waals surface area contributed by atoms with Gasteiger partial charge in [0.05, 0.1) is 17.6 Å². The Morgan fingerprint density at radius 3 is 2.40 bits per heavy atom. The van der Waals surface area contributed by atoms with Gasteiger partial charge in [-0.15, -0.1) is 5.10 Å². The summed E-state index contributed by atoms with van der Waals surface area (Å²) in [6.07, 6.45) is 6.53. The maximum atomic E-state index is 5.61. The fourth-order valence-corrected chi connectivity index (χ4v) is 2.75. The first-order chi connectivity index (χ1) is 9.88. The van der Waals surface area contributed by atoms with Crippen molar-refractivity contribution in [3.05, 3.63) is 36.2 Å². The van der Waals surface area contributed by atoms with Gasteiger partial charge in [0, 0.05) is 25.2 Å². The van der Waals surface area contributed by atoms with Crippen molar-refractivity contribution in [3.8, 4) is 5.69 Å². The van der Waals surface area contributed by atoms with Crippen LogP contribution in [0.2, 0.25) is 0 Å². The third kappa shape index (κ3) is 2.67. The molecule has 2 aromatic rings. The van der Waals surface area contributed by atoms with Crippen molar-refractivity contribution in [3.63, 3.8) is 0 Å². The zero-order valence-corrected chi connectivity index (χ0v) is 11.7. The molecule has 0 amide bonds. The van der Waals surface area contributed by atoms with Gasteiger partial charge >= 0.3 is 0 Å². The molecule has 0 aliphatic carbocycles. The topological polar surface area (TPSA) is 60.0 Å². The number of hydrogen-bond acceptors (Lipinski definition) is 4. The van der Waals surface area contributed by atoms with Crippen LogP contribution in [0, 0.1) is 0 Å². The van der Waals surface area contributed by atoms with Crippen molar-refractivity contribution in [2.75, 3.05) is 24.5 Å². The van der Waals surface area contributed by atoms with Gasteiger partial charge in [-0.3, -0.25) is 0 Å². The standard InChI is InChI=1S/C15H21N5/c16-9-8-15-12-17-18-20(15)14-6-4-13(5-7-14)19-10-2-1-3-11-19/h4-7,12H,1-3,8-11,16H2. The predicted molar refractivity (Wildman–Crippen MR) is 80.2 cm³/mol. The Balaban J connectivity index is 1.79. The van der Waals surface area contributed by atoms with Gasteiger partial charge in [0.1, 0.15) is 0 Å². The van der Waals surface area contributed by atoms with E-state index in [1.54, 1.807) is 6.20 Å². The van der Waals surface area contributed by atoms with Crippen LogP contribution in [0.4, 0.5) is 5.69 Å². The number of benzene rings is 1. The highest BCUT2D eigenvalue weighted by atomic mass is 15.4. The summed E-state index contributed by atoms with van der Waals surface area (Å²) in [4.78, 5) is 2.45. The molecule has 1 aromatic carbocycles. The summed E-state index contributed by atoms with van der Waals surface area (Å²) in [5.41, 5.74) is 9.01. The summed E-state index contributed by atoms with van der Waals surface area (Å²) in [5, 5.41) is 8.12. The lowest BCUT2D eigenvalue weighted by Gasteiger charge is -2.28. The second kappa shape index (κ2) is 6.05. The molecule has 1 aromatic heterocycles. The van der Waals surface area contributed by atoms with Crippen LogP contribution in [0.1, 0.15) is 25.0 Å². The SMILES string of the molecule is NCCc1cnnn1-c1ccc(N2CCCCC2)cc1. The average molecular weight is 271 g/mol. The number of nitrogens with zero attached hydrogens (tertiary/aromatic N) is 4. The lowest BCUT2D eigenvalue weighted by molar-refractivity contribution is 0.578. The Morgan fingerprint density at radius 2 is 1.70 bits per heavy atom. The van der Waals surface area contributed by atoms with Gasteiger partial charge in [-0.05, 0) is 50.1 Å². The van der Waals surface area contributed by atoms with Crippen molar-refractivity contribution in [2.24, 2.45) is 5.73 Å². The molecule has 2 heterocycles. The molecule has 1 saturated heterocycles. The molecule has 1 aliphatic rings. The summed E-state index contributed by atoms with van der Waals surface area (Å²) in [6, 6.07) is 8.57. The Bertz CT molecular complexity index is 540. The van der Waals surface area contributed by atoms with Crippen molar-refractivity contribution in [1.82, 2.24) is 15.0 Å². The quantitative estimate of drug-likeness (QED) is 0.920. The highest BCUT2D eigenvalue weighted by Gasteiger charge is 2.11. The van der Waals surface area contributed by atoms with Gasteiger partial charge in [-0.25, -0.2) is 4.68 Å². The molecular weight excluding hydrogens is 250 g/mol. The first-order valence-corrected chi connectivity index (χ1v) is 7.33. The first kappa shape index (κ1) is 13.1. The summed E-state index contributed by atoms with van der Waals surface area (Å²) < 4.78 is 1.87. The van der Waals surface area contributed by atoms with Crippen molar-refractivity contribution >= 4 is 5.69 Å². The minimum absolute atomic E-state index is 0.610. The van der Waals surface area contributed by atoms with Crippen LogP contribution in [0.25, 0.3) is 5.69 Å². The normalized spacial score (nSPS) is 15.6. The van der Waals surface area contributed by atoms with Crippen molar-refractivity contribution < 1.29 is 0 Å². The van der Waals surface area contributed by atoms with Gasteiger partial charge in [0.25, 0.3) is 0 Å². The molecule has 20 heavy (non-hydrogen) atoms. The average Bonchev–Trinajstić information content (AvgIpc) is 2.97. The Kier molecular flexibility index (Phi) is 3.97. The molecule has 1 aliphatic heterocycles.